The van der Waals surface area contributed by atoms with E-state index in [0.717, 1.165) is 33.0 Å². The fourth-order valence-corrected chi connectivity index (χ4v) is 2.28. The van der Waals surface area contributed by atoms with Crippen LogP contribution in [0.2, 0.25) is 0 Å². The Morgan fingerprint density at radius 1 is 1.06 bits per heavy atom. The SMILES string of the molecule is c1ccc2c(c1)ncc1cc3c(cc12)OOC3. The number of pyridine rings is 1. The first kappa shape index (κ1) is 8.96. The van der Waals surface area contributed by atoms with Crippen molar-refractivity contribution < 1.29 is 9.78 Å². The lowest BCUT2D eigenvalue weighted by atomic mass is 10.0. The van der Waals surface area contributed by atoms with Gasteiger partial charge in [0, 0.05) is 22.5 Å². The Labute approximate surface area is 97.5 Å². The lowest BCUT2D eigenvalue weighted by Crippen LogP contribution is -1.84. The van der Waals surface area contributed by atoms with E-state index in [4.69, 9.17) is 9.78 Å². The minimum Gasteiger partial charge on any atom is -0.337 e. The van der Waals surface area contributed by atoms with Crippen LogP contribution in [0.15, 0.2) is 42.6 Å². The highest BCUT2D eigenvalue weighted by Gasteiger charge is 2.15. The van der Waals surface area contributed by atoms with E-state index in [0.29, 0.717) is 6.61 Å². The Morgan fingerprint density at radius 3 is 3.00 bits per heavy atom. The third-order valence-corrected chi connectivity index (χ3v) is 3.13. The summed E-state index contributed by atoms with van der Waals surface area (Å²) in [4.78, 5) is 14.6. The summed E-state index contributed by atoms with van der Waals surface area (Å²) < 4.78 is 0. The van der Waals surface area contributed by atoms with Crippen molar-refractivity contribution in [1.82, 2.24) is 4.98 Å². The van der Waals surface area contributed by atoms with Gasteiger partial charge in [-0.2, -0.15) is 4.89 Å². The molecule has 3 nitrogen and oxygen atoms in total. The minimum absolute atomic E-state index is 0.512. The Balaban J connectivity index is 2.19. The molecule has 82 valence electrons. The first-order chi connectivity index (χ1) is 8.42. The summed E-state index contributed by atoms with van der Waals surface area (Å²) in [5.74, 6) is 0.814. The van der Waals surface area contributed by atoms with Crippen LogP contribution in [-0.2, 0) is 11.5 Å². The molecular weight excluding hydrogens is 214 g/mol. The second-order valence-electron chi connectivity index (χ2n) is 4.17. The van der Waals surface area contributed by atoms with E-state index < -0.39 is 0 Å². The fraction of sp³-hybridized carbons (Fsp3) is 0.0714. The van der Waals surface area contributed by atoms with Gasteiger partial charge in [-0.05, 0) is 23.6 Å². The van der Waals surface area contributed by atoms with E-state index in [-0.39, 0.29) is 0 Å². The van der Waals surface area contributed by atoms with Crippen molar-refractivity contribution in [3.8, 4) is 5.75 Å². The maximum atomic E-state index is 5.14. The van der Waals surface area contributed by atoms with Crippen molar-refractivity contribution in [2.24, 2.45) is 0 Å². The number of hydrogen-bond acceptors (Lipinski definition) is 3. The first-order valence-corrected chi connectivity index (χ1v) is 5.52. The summed E-state index contributed by atoms with van der Waals surface area (Å²) in [7, 11) is 0. The zero-order valence-corrected chi connectivity index (χ0v) is 9.01. The van der Waals surface area contributed by atoms with Crippen LogP contribution in [0, 0.1) is 0 Å². The molecule has 2 heterocycles. The van der Waals surface area contributed by atoms with Crippen molar-refractivity contribution in [1.29, 1.82) is 0 Å². The highest BCUT2D eigenvalue weighted by atomic mass is 17.2. The van der Waals surface area contributed by atoms with Gasteiger partial charge in [0.05, 0.1) is 5.52 Å². The van der Waals surface area contributed by atoms with Crippen LogP contribution in [0.4, 0.5) is 0 Å². The molecule has 0 amide bonds. The average molecular weight is 223 g/mol. The topological polar surface area (TPSA) is 31.4 Å². The van der Waals surface area contributed by atoms with Gasteiger partial charge in [0.15, 0.2) is 5.75 Å². The largest absolute Gasteiger partial charge is 0.337 e. The molecule has 17 heavy (non-hydrogen) atoms. The molecule has 0 saturated heterocycles. The number of hydrogen-bond donors (Lipinski definition) is 0. The van der Waals surface area contributed by atoms with Gasteiger partial charge in [0.2, 0.25) is 0 Å². The van der Waals surface area contributed by atoms with Crippen LogP contribution in [0.1, 0.15) is 5.56 Å². The Bertz CT molecular complexity index is 737. The second kappa shape index (κ2) is 3.18. The van der Waals surface area contributed by atoms with Crippen LogP contribution in [0.3, 0.4) is 0 Å². The minimum atomic E-state index is 0.512. The molecule has 0 atom stereocenters. The highest BCUT2D eigenvalue weighted by Crippen LogP contribution is 2.33. The molecule has 0 fully saturated rings. The van der Waals surface area contributed by atoms with E-state index in [1.54, 1.807) is 0 Å². The summed E-state index contributed by atoms with van der Waals surface area (Å²) in [5, 5.41) is 3.42. The predicted octanol–water partition coefficient (Wildman–Crippen LogP) is 3.21. The van der Waals surface area contributed by atoms with Crippen molar-refractivity contribution >= 4 is 21.7 Å². The summed E-state index contributed by atoms with van der Waals surface area (Å²) in [6.45, 7) is 0.512. The van der Waals surface area contributed by atoms with Crippen LogP contribution in [-0.4, -0.2) is 4.98 Å². The zero-order valence-electron chi connectivity index (χ0n) is 9.01. The van der Waals surface area contributed by atoms with Crippen molar-refractivity contribution in [3.05, 3.63) is 48.2 Å². The molecule has 0 spiro atoms. The number of para-hydroxylation sites is 1. The number of fused-ring (bicyclic) bond motifs is 4. The normalized spacial score (nSPS) is 13.9. The van der Waals surface area contributed by atoms with E-state index in [1.165, 1.54) is 0 Å². The lowest BCUT2D eigenvalue weighted by Gasteiger charge is -2.04. The lowest BCUT2D eigenvalue weighted by molar-refractivity contribution is -0.194. The molecular formula is C14H9NO2. The monoisotopic (exact) mass is 223 g/mol. The molecule has 0 unspecified atom stereocenters. The van der Waals surface area contributed by atoms with Gasteiger partial charge in [-0.15, -0.1) is 0 Å². The zero-order chi connectivity index (χ0) is 11.2. The summed E-state index contributed by atoms with van der Waals surface area (Å²) in [6, 6.07) is 12.2. The standard InChI is InChI=1S/C14H9NO2/c1-2-4-13-11(3-1)12-6-14-10(8-16-17-14)5-9(12)7-15-13/h1-7H,8H2. The van der Waals surface area contributed by atoms with Gasteiger partial charge in [0.25, 0.3) is 0 Å². The smallest absolute Gasteiger partial charge is 0.171 e. The Hall–Kier alpha value is -2.13. The van der Waals surface area contributed by atoms with E-state index in [2.05, 4.69) is 17.1 Å². The molecule has 1 aliphatic rings. The van der Waals surface area contributed by atoms with Gasteiger partial charge in [-0.25, -0.2) is 0 Å². The summed E-state index contributed by atoms with van der Waals surface area (Å²) in [6.07, 6.45) is 1.90. The molecule has 3 heteroatoms. The predicted molar refractivity (Wildman–Crippen MR) is 64.7 cm³/mol. The molecule has 0 aliphatic carbocycles. The maximum Gasteiger partial charge on any atom is 0.171 e. The Morgan fingerprint density at radius 2 is 2.00 bits per heavy atom. The van der Waals surface area contributed by atoms with Crippen LogP contribution in [0.25, 0.3) is 21.7 Å². The summed E-state index contributed by atoms with van der Waals surface area (Å²) >= 11 is 0. The Kier molecular flexibility index (Phi) is 1.68. The second-order valence-corrected chi connectivity index (χ2v) is 4.17. The highest BCUT2D eigenvalue weighted by molar-refractivity contribution is 6.06. The van der Waals surface area contributed by atoms with Gasteiger partial charge in [0.1, 0.15) is 6.61 Å². The van der Waals surface area contributed by atoms with E-state index in [9.17, 15) is 0 Å². The summed E-state index contributed by atoms with van der Waals surface area (Å²) in [5.41, 5.74) is 2.08. The van der Waals surface area contributed by atoms with E-state index >= 15 is 0 Å². The third-order valence-electron chi connectivity index (χ3n) is 3.13. The van der Waals surface area contributed by atoms with Gasteiger partial charge < -0.3 is 4.89 Å². The average Bonchev–Trinajstić information content (AvgIpc) is 2.83. The van der Waals surface area contributed by atoms with Crippen LogP contribution in [0.5, 0.6) is 5.75 Å². The third kappa shape index (κ3) is 1.23. The molecule has 0 radical (unpaired) electrons. The van der Waals surface area contributed by atoms with Gasteiger partial charge in [-0.3, -0.25) is 4.98 Å². The van der Waals surface area contributed by atoms with Crippen molar-refractivity contribution in [2.45, 2.75) is 6.61 Å². The van der Waals surface area contributed by atoms with Gasteiger partial charge in [-0.1, -0.05) is 18.2 Å². The number of benzene rings is 2. The molecule has 0 bridgehead atoms. The van der Waals surface area contributed by atoms with Gasteiger partial charge >= 0.3 is 0 Å². The number of rotatable bonds is 0. The van der Waals surface area contributed by atoms with Crippen molar-refractivity contribution in [2.75, 3.05) is 0 Å². The van der Waals surface area contributed by atoms with Crippen LogP contribution >= 0.6 is 0 Å². The molecule has 0 saturated carbocycles. The number of nitrogens with zero attached hydrogens (tertiary/aromatic N) is 1. The van der Waals surface area contributed by atoms with Crippen molar-refractivity contribution in [3.63, 3.8) is 0 Å². The molecule has 1 aromatic heterocycles. The molecule has 2 aromatic carbocycles. The van der Waals surface area contributed by atoms with Crippen LogP contribution < -0.4 is 4.89 Å². The molecule has 1 aliphatic heterocycles. The molecule has 4 rings (SSSR count). The quantitative estimate of drug-likeness (QED) is 0.433. The maximum absolute atomic E-state index is 5.14. The number of aromatic nitrogens is 1. The first-order valence-electron chi connectivity index (χ1n) is 5.52. The van der Waals surface area contributed by atoms with E-state index in [1.807, 2.05) is 30.5 Å². The molecule has 3 aromatic rings. The molecule has 0 N–H and O–H groups in total. The fourth-order valence-electron chi connectivity index (χ4n) is 2.28.